The lowest BCUT2D eigenvalue weighted by atomic mass is 9.96. The summed E-state index contributed by atoms with van der Waals surface area (Å²) < 4.78 is 16.8. The summed E-state index contributed by atoms with van der Waals surface area (Å²) in [7, 11) is 1.58. The number of rotatable bonds is 4. The van der Waals surface area contributed by atoms with Crippen LogP contribution in [0.4, 0.5) is 0 Å². The van der Waals surface area contributed by atoms with Gasteiger partial charge in [0.1, 0.15) is 17.5 Å². The predicted octanol–water partition coefficient (Wildman–Crippen LogP) is 2.38. The van der Waals surface area contributed by atoms with E-state index >= 15 is 0 Å². The fourth-order valence-corrected chi connectivity index (χ4v) is 5.20. The summed E-state index contributed by atoms with van der Waals surface area (Å²) in [6.45, 7) is 2.38. The molecule has 1 aromatic heterocycles. The van der Waals surface area contributed by atoms with E-state index in [4.69, 9.17) is 13.9 Å². The Labute approximate surface area is 198 Å². The van der Waals surface area contributed by atoms with E-state index in [2.05, 4.69) is 0 Å². The SMILES string of the molecule is COc1ccc(C(=O)N2CCC3(CC2)OCC(C(=O)N2CCCC2)N3C(=O)c2ccco2)cc1. The third kappa shape index (κ3) is 3.94. The number of carbonyl (C=O) groups is 3. The molecule has 1 aromatic carbocycles. The number of amides is 3. The predicted molar refractivity (Wildman–Crippen MR) is 121 cm³/mol. The first-order valence-corrected chi connectivity index (χ1v) is 11.8. The lowest BCUT2D eigenvalue weighted by Crippen LogP contribution is -2.60. The van der Waals surface area contributed by atoms with E-state index in [9.17, 15) is 14.4 Å². The Morgan fingerprint density at radius 3 is 2.26 bits per heavy atom. The monoisotopic (exact) mass is 467 g/mol. The van der Waals surface area contributed by atoms with Crippen molar-refractivity contribution < 1.29 is 28.3 Å². The fraction of sp³-hybridized carbons (Fsp3) is 0.480. The number of piperidine rings is 1. The molecule has 34 heavy (non-hydrogen) atoms. The van der Waals surface area contributed by atoms with Crippen molar-refractivity contribution in [1.82, 2.24) is 14.7 Å². The molecule has 0 radical (unpaired) electrons. The zero-order valence-corrected chi connectivity index (χ0v) is 19.3. The number of benzene rings is 1. The molecular weight excluding hydrogens is 438 g/mol. The minimum absolute atomic E-state index is 0.0778. The summed E-state index contributed by atoms with van der Waals surface area (Å²) in [5.41, 5.74) is -0.365. The molecule has 3 aliphatic rings. The van der Waals surface area contributed by atoms with Crippen LogP contribution in [0.3, 0.4) is 0 Å². The van der Waals surface area contributed by atoms with Gasteiger partial charge in [-0.2, -0.15) is 0 Å². The van der Waals surface area contributed by atoms with Gasteiger partial charge in [-0.1, -0.05) is 0 Å². The molecule has 1 unspecified atom stereocenters. The first kappa shape index (κ1) is 22.5. The van der Waals surface area contributed by atoms with Crippen molar-refractivity contribution in [2.75, 3.05) is 39.9 Å². The molecule has 3 fully saturated rings. The smallest absolute Gasteiger partial charge is 0.292 e. The van der Waals surface area contributed by atoms with Crippen LogP contribution >= 0.6 is 0 Å². The third-order valence-electron chi connectivity index (χ3n) is 7.08. The summed E-state index contributed by atoms with van der Waals surface area (Å²) in [4.78, 5) is 45.0. The van der Waals surface area contributed by atoms with Crippen molar-refractivity contribution in [3.63, 3.8) is 0 Å². The number of hydrogen-bond acceptors (Lipinski definition) is 6. The number of furan rings is 1. The van der Waals surface area contributed by atoms with Crippen LogP contribution in [-0.2, 0) is 9.53 Å². The van der Waals surface area contributed by atoms with E-state index in [0.717, 1.165) is 12.8 Å². The number of carbonyl (C=O) groups excluding carboxylic acids is 3. The second-order valence-electron chi connectivity index (χ2n) is 8.98. The van der Waals surface area contributed by atoms with Crippen LogP contribution < -0.4 is 4.74 Å². The molecule has 180 valence electrons. The molecule has 1 atom stereocenters. The van der Waals surface area contributed by atoms with Gasteiger partial charge in [-0.25, -0.2) is 0 Å². The van der Waals surface area contributed by atoms with Crippen LogP contribution in [0, 0.1) is 0 Å². The van der Waals surface area contributed by atoms with Crippen molar-refractivity contribution in [1.29, 1.82) is 0 Å². The summed E-state index contributed by atoms with van der Waals surface area (Å²) in [6.07, 6.45) is 4.23. The van der Waals surface area contributed by atoms with Gasteiger partial charge in [0.2, 0.25) is 5.91 Å². The van der Waals surface area contributed by atoms with Crippen molar-refractivity contribution in [3.8, 4) is 5.75 Å². The standard InChI is InChI=1S/C25H29N3O6/c1-32-19-8-6-18(7-9-19)22(29)27-14-10-25(11-15-27)28(24(31)21-5-4-16-33-21)20(17-34-25)23(30)26-12-2-3-13-26/h4-9,16,20H,2-3,10-15,17H2,1H3. The van der Waals surface area contributed by atoms with Crippen LogP contribution in [-0.4, -0.2) is 84.1 Å². The van der Waals surface area contributed by atoms with Crippen molar-refractivity contribution in [2.24, 2.45) is 0 Å². The van der Waals surface area contributed by atoms with E-state index in [1.165, 1.54) is 6.26 Å². The first-order valence-electron chi connectivity index (χ1n) is 11.8. The second-order valence-corrected chi connectivity index (χ2v) is 8.98. The Hall–Kier alpha value is -3.33. The zero-order chi connectivity index (χ0) is 23.7. The van der Waals surface area contributed by atoms with Crippen molar-refractivity contribution in [2.45, 2.75) is 37.5 Å². The maximum atomic E-state index is 13.5. The molecule has 9 heteroatoms. The molecule has 9 nitrogen and oxygen atoms in total. The summed E-state index contributed by atoms with van der Waals surface area (Å²) in [5, 5.41) is 0. The summed E-state index contributed by atoms with van der Waals surface area (Å²) in [5.74, 6) is 0.361. The Morgan fingerprint density at radius 2 is 1.65 bits per heavy atom. The minimum atomic E-state index is -0.944. The maximum Gasteiger partial charge on any atom is 0.292 e. The van der Waals surface area contributed by atoms with Gasteiger partial charge in [-0.05, 0) is 49.2 Å². The molecule has 3 aliphatic heterocycles. The average molecular weight is 468 g/mol. The second kappa shape index (κ2) is 9.13. The van der Waals surface area contributed by atoms with Gasteiger partial charge in [0, 0.05) is 44.6 Å². The van der Waals surface area contributed by atoms with E-state index in [1.807, 2.05) is 4.90 Å². The number of likely N-dealkylation sites (tertiary alicyclic amines) is 2. The molecule has 2 aromatic rings. The molecule has 4 heterocycles. The number of ether oxygens (including phenoxy) is 2. The van der Waals surface area contributed by atoms with Crippen LogP contribution in [0.15, 0.2) is 47.1 Å². The molecule has 3 saturated heterocycles. The Balaban J connectivity index is 1.35. The van der Waals surface area contributed by atoms with Crippen LogP contribution in [0.5, 0.6) is 5.75 Å². The number of methoxy groups -OCH3 is 1. The topological polar surface area (TPSA) is 92.5 Å². The number of hydrogen-bond donors (Lipinski definition) is 0. The van der Waals surface area contributed by atoms with Crippen LogP contribution in [0.1, 0.15) is 46.6 Å². The molecular formula is C25H29N3O6. The Bertz CT molecular complexity index is 1040. The van der Waals surface area contributed by atoms with Gasteiger partial charge in [0.05, 0.1) is 20.0 Å². The fourth-order valence-electron chi connectivity index (χ4n) is 5.20. The lowest BCUT2D eigenvalue weighted by Gasteiger charge is -2.44. The zero-order valence-electron chi connectivity index (χ0n) is 19.3. The van der Waals surface area contributed by atoms with Gasteiger partial charge in [0.15, 0.2) is 5.76 Å². The Kier molecular flexibility index (Phi) is 6.03. The largest absolute Gasteiger partial charge is 0.497 e. The molecule has 0 N–H and O–H groups in total. The van der Waals surface area contributed by atoms with Gasteiger partial charge in [-0.3, -0.25) is 19.3 Å². The number of nitrogens with zero attached hydrogens (tertiary/aromatic N) is 3. The third-order valence-corrected chi connectivity index (χ3v) is 7.08. The molecule has 0 saturated carbocycles. The van der Waals surface area contributed by atoms with Crippen LogP contribution in [0.25, 0.3) is 0 Å². The highest BCUT2D eigenvalue weighted by atomic mass is 16.5. The van der Waals surface area contributed by atoms with Crippen LogP contribution in [0.2, 0.25) is 0 Å². The molecule has 0 aliphatic carbocycles. The van der Waals surface area contributed by atoms with Gasteiger partial charge in [0.25, 0.3) is 11.8 Å². The van der Waals surface area contributed by atoms with Gasteiger partial charge < -0.3 is 23.7 Å². The van der Waals surface area contributed by atoms with E-state index in [0.29, 0.717) is 50.3 Å². The molecule has 5 rings (SSSR count). The normalized spacial score (nSPS) is 21.8. The Morgan fingerprint density at radius 1 is 0.941 bits per heavy atom. The lowest BCUT2D eigenvalue weighted by molar-refractivity contribution is -0.136. The van der Waals surface area contributed by atoms with Crippen molar-refractivity contribution in [3.05, 3.63) is 54.0 Å². The van der Waals surface area contributed by atoms with Gasteiger partial charge in [-0.15, -0.1) is 0 Å². The minimum Gasteiger partial charge on any atom is -0.497 e. The van der Waals surface area contributed by atoms with Crippen molar-refractivity contribution >= 4 is 17.7 Å². The van der Waals surface area contributed by atoms with E-state index in [1.54, 1.807) is 53.3 Å². The maximum absolute atomic E-state index is 13.5. The molecule has 1 spiro atoms. The highest BCUT2D eigenvalue weighted by Crippen LogP contribution is 2.39. The molecule has 0 bridgehead atoms. The molecule has 3 amide bonds. The van der Waals surface area contributed by atoms with E-state index < -0.39 is 11.8 Å². The average Bonchev–Trinajstić information content (AvgIpc) is 3.65. The first-order chi connectivity index (χ1) is 16.5. The summed E-state index contributed by atoms with van der Waals surface area (Å²) in [6, 6.07) is 9.58. The highest BCUT2D eigenvalue weighted by molar-refractivity contribution is 5.97. The highest BCUT2D eigenvalue weighted by Gasteiger charge is 2.55. The van der Waals surface area contributed by atoms with E-state index in [-0.39, 0.29) is 30.1 Å². The summed E-state index contributed by atoms with van der Waals surface area (Å²) >= 11 is 0. The van der Waals surface area contributed by atoms with Gasteiger partial charge >= 0.3 is 0 Å². The quantitative estimate of drug-likeness (QED) is 0.686.